The Labute approximate surface area is 140 Å². The first kappa shape index (κ1) is 19.5. The SMILES string of the molecule is CCc1ccc([C@@H](C)NC(=O)N(CC)[C@H](C)CS(C)(=O)=O)cc1. The molecule has 0 saturated carbocycles. The maximum atomic E-state index is 12.4. The van der Waals surface area contributed by atoms with E-state index in [9.17, 15) is 13.2 Å². The van der Waals surface area contributed by atoms with E-state index in [-0.39, 0.29) is 23.9 Å². The van der Waals surface area contributed by atoms with Crippen molar-refractivity contribution in [2.75, 3.05) is 18.6 Å². The van der Waals surface area contributed by atoms with Crippen molar-refractivity contribution >= 4 is 15.9 Å². The molecule has 6 heteroatoms. The third-order valence-electron chi connectivity index (χ3n) is 3.91. The fourth-order valence-corrected chi connectivity index (χ4v) is 3.63. The van der Waals surface area contributed by atoms with Gasteiger partial charge in [-0.25, -0.2) is 13.2 Å². The third-order valence-corrected chi connectivity index (χ3v) is 4.99. The Balaban J connectivity index is 2.74. The molecule has 23 heavy (non-hydrogen) atoms. The Morgan fingerprint density at radius 3 is 2.17 bits per heavy atom. The van der Waals surface area contributed by atoms with E-state index in [0.29, 0.717) is 6.54 Å². The molecular formula is C17H28N2O3S. The van der Waals surface area contributed by atoms with Gasteiger partial charge in [-0.15, -0.1) is 0 Å². The number of nitrogens with zero attached hydrogens (tertiary/aromatic N) is 1. The number of amides is 2. The normalized spacial score (nSPS) is 14.1. The number of carbonyl (C=O) groups excluding carboxylic acids is 1. The summed E-state index contributed by atoms with van der Waals surface area (Å²) in [7, 11) is -3.12. The topological polar surface area (TPSA) is 66.5 Å². The smallest absolute Gasteiger partial charge is 0.318 e. The van der Waals surface area contributed by atoms with Gasteiger partial charge < -0.3 is 10.2 Å². The molecule has 0 aliphatic heterocycles. The van der Waals surface area contributed by atoms with Gasteiger partial charge in [0.25, 0.3) is 0 Å². The highest BCUT2D eigenvalue weighted by atomic mass is 32.2. The molecule has 0 unspecified atom stereocenters. The Bertz CT molecular complexity index is 611. The first-order chi connectivity index (χ1) is 10.7. The number of nitrogens with one attached hydrogen (secondary N) is 1. The fourth-order valence-electron chi connectivity index (χ4n) is 2.58. The van der Waals surface area contributed by atoms with E-state index < -0.39 is 9.84 Å². The zero-order valence-electron chi connectivity index (χ0n) is 14.7. The van der Waals surface area contributed by atoms with Crippen molar-refractivity contribution in [1.29, 1.82) is 0 Å². The van der Waals surface area contributed by atoms with Crippen LogP contribution in [-0.2, 0) is 16.3 Å². The van der Waals surface area contributed by atoms with Gasteiger partial charge in [0.05, 0.1) is 11.8 Å². The summed E-state index contributed by atoms with van der Waals surface area (Å²) in [6.07, 6.45) is 2.17. The molecule has 0 aromatic heterocycles. The number of aryl methyl sites for hydroxylation is 1. The van der Waals surface area contributed by atoms with Gasteiger partial charge in [-0.2, -0.15) is 0 Å². The van der Waals surface area contributed by atoms with Gasteiger partial charge in [0.15, 0.2) is 0 Å². The van der Waals surface area contributed by atoms with Crippen molar-refractivity contribution in [3.05, 3.63) is 35.4 Å². The lowest BCUT2D eigenvalue weighted by molar-refractivity contribution is 0.184. The van der Waals surface area contributed by atoms with Crippen molar-refractivity contribution in [1.82, 2.24) is 10.2 Å². The Hall–Kier alpha value is -1.56. The average molecular weight is 340 g/mol. The van der Waals surface area contributed by atoms with Gasteiger partial charge in [0.1, 0.15) is 9.84 Å². The first-order valence-electron chi connectivity index (χ1n) is 8.01. The van der Waals surface area contributed by atoms with Gasteiger partial charge in [0, 0.05) is 18.8 Å². The van der Waals surface area contributed by atoms with Crippen molar-refractivity contribution in [2.24, 2.45) is 0 Å². The van der Waals surface area contributed by atoms with Crippen LogP contribution in [0.15, 0.2) is 24.3 Å². The zero-order valence-corrected chi connectivity index (χ0v) is 15.5. The van der Waals surface area contributed by atoms with Crippen LogP contribution in [0.1, 0.15) is 44.9 Å². The molecule has 5 nitrogen and oxygen atoms in total. The van der Waals surface area contributed by atoms with Crippen LogP contribution in [0.2, 0.25) is 0 Å². The van der Waals surface area contributed by atoms with Gasteiger partial charge in [-0.3, -0.25) is 0 Å². The molecule has 0 fully saturated rings. The fraction of sp³-hybridized carbons (Fsp3) is 0.588. The largest absolute Gasteiger partial charge is 0.331 e. The molecule has 1 rings (SSSR count). The van der Waals surface area contributed by atoms with E-state index >= 15 is 0 Å². The molecule has 0 saturated heterocycles. The quantitative estimate of drug-likeness (QED) is 0.830. The molecule has 1 N–H and O–H groups in total. The molecular weight excluding hydrogens is 312 g/mol. The summed E-state index contributed by atoms with van der Waals surface area (Å²) >= 11 is 0. The molecule has 2 amide bonds. The molecule has 0 aliphatic carbocycles. The van der Waals surface area contributed by atoms with Crippen LogP contribution in [0.5, 0.6) is 0 Å². The second kappa shape index (κ2) is 8.34. The number of urea groups is 1. The predicted molar refractivity (Wildman–Crippen MR) is 94.3 cm³/mol. The van der Waals surface area contributed by atoms with Crippen molar-refractivity contribution in [3.63, 3.8) is 0 Å². The summed E-state index contributed by atoms with van der Waals surface area (Å²) in [5.41, 5.74) is 2.28. The summed E-state index contributed by atoms with van der Waals surface area (Å²) in [6.45, 7) is 8.09. The lowest BCUT2D eigenvalue weighted by Gasteiger charge is -2.29. The van der Waals surface area contributed by atoms with Crippen LogP contribution < -0.4 is 5.32 Å². The van der Waals surface area contributed by atoms with E-state index in [4.69, 9.17) is 0 Å². The summed E-state index contributed by atoms with van der Waals surface area (Å²) in [5.74, 6) is -0.0339. The van der Waals surface area contributed by atoms with Crippen LogP contribution in [0, 0.1) is 0 Å². The van der Waals surface area contributed by atoms with Crippen LogP contribution in [0.3, 0.4) is 0 Å². The standard InChI is InChI=1S/C17H28N2O3S/c1-6-15-8-10-16(11-9-15)14(4)18-17(20)19(7-2)13(3)12-23(5,21)22/h8-11,13-14H,6-7,12H2,1-5H3,(H,18,20)/t13-,14-/m1/s1. The van der Waals surface area contributed by atoms with E-state index in [0.717, 1.165) is 12.0 Å². The highest BCUT2D eigenvalue weighted by Gasteiger charge is 2.23. The van der Waals surface area contributed by atoms with Gasteiger partial charge >= 0.3 is 6.03 Å². The molecule has 0 spiro atoms. The van der Waals surface area contributed by atoms with Gasteiger partial charge in [-0.1, -0.05) is 31.2 Å². The number of benzene rings is 1. The second-order valence-corrected chi connectivity index (χ2v) is 8.18. The molecule has 0 heterocycles. The number of carbonyl (C=O) groups is 1. The lowest BCUT2D eigenvalue weighted by Crippen LogP contribution is -2.47. The first-order valence-corrected chi connectivity index (χ1v) is 10.1. The Morgan fingerprint density at radius 2 is 1.74 bits per heavy atom. The molecule has 1 aromatic carbocycles. The number of rotatable bonds is 7. The minimum atomic E-state index is -3.12. The minimum Gasteiger partial charge on any atom is -0.331 e. The summed E-state index contributed by atoms with van der Waals surface area (Å²) in [5, 5.41) is 2.94. The van der Waals surface area contributed by atoms with E-state index in [1.54, 1.807) is 11.8 Å². The van der Waals surface area contributed by atoms with Crippen molar-refractivity contribution in [2.45, 2.75) is 46.2 Å². The number of hydrogen-bond donors (Lipinski definition) is 1. The number of hydrogen-bond acceptors (Lipinski definition) is 3. The molecule has 1 aromatic rings. The summed E-state index contributed by atoms with van der Waals surface area (Å²) < 4.78 is 22.9. The molecule has 0 radical (unpaired) electrons. The third kappa shape index (κ3) is 6.22. The maximum absolute atomic E-state index is 12.4. The highest BCUT2D eigenvalue weighted by Crippen LogP contribution is 2.15. The maximum Gasteiger partial charge on any atom is 0.318 e. The van der Waals surface area contributed by atoms with Crippen molar-refractivity contribution < 1.29 is 13.2 Å². The number of sulfone groups is 1. The van der Waals surface area contributed by atoms with Gasteiger partial charge in [0.2, 0.25) is 0 Å². The average Bonchev–Trinajstić information content (AvgIpc) is 2.46. The Morgan fingerprint density at radius 1 is 1.17 bits per heavy atom. The highest BCUT2D eigenvalue weighted by molar-refractivity contribution is 7.90. The van der Waals surface area contributed by atoms with Crippen LogP contribution in [0.4, 0.5) is 4.79 Å². The van der Waals surface area contributed by atoms with E-state index in [1.165, 1.54) is 11.8 Å². The van der Waals surface area contributed by atoms with E-state index in [1.807, 2.05) is 26.0 Å². The Kier molecular flexibility index (Phi) is 7.06. The minimum absolute atomic E-state index is 0.0339. The zero-order chi connectivity index (χ0) is 17.6. The molecule has 2 atom stereocenters. The van der Waals surface area contributed by atoms with Crippen molar-refractivity contribution in [3.8, 4) is 0 Å². The summed E-state index contributed by atoms with van der Waals surface area (Å²) in [4.78, 5) is 14.0. The molecule has 0 aliphatic rings. The lowest BCUT2D eigenvalue weighted by atomic mass is 10.1. The molecule has 130 valence electrons. The monoisotopic (exact) mass is 340 g/mol. The van der Waals surface area contributed by atoms with Gasteiger partial charge in [-0.05, 0) is 38.3 Å². The van der Waals surface area contributed by atoms with E-state index in [2.05, 4.69) is 24.4 Å². The van der Waals surface area contributed by atoms with Crippen LogP contribution in [0.25, 0.3) is 0 Å². The van der Waals surface area contributed by atoms with Crippen LogP contribution >= 0.6 is 0 Å². The van der Waals surface area contributed by atoms with Crippen LogP contribution in [-0.4, -0.2) is 43.9 Å². The second-order valence-electron chi connectivity index (χ2n) is 5.99. The molecule has 0 bridgehead atoms. The summed E-state index contributed by atoms with van der Waals surface area (Å²) in [6, 6.07) is 7.41. The predicted octanol–water partition coefficient (Wildman–Crippen LogP) is 2.77.